The number of rotatable bonds is 7. The number of nitrogens with one attached hydrogen (secondary N) is 1. The molecule has 1 unspecified atom stereocenters. The molecule has 100 valence electrons. The summed E-state index contributed by atoms with van der Waals surface area (Å²) in [6, 6.07) is 6.19. The third-order valence-corrected chi connectivity index (χ3v) is 5.10. The van der Waals surface area contributed by atoms with E-state index < -0.39 is 0 Å². The molecule has 0 aliphatic carbocycles. The Labute approximate surface area is 119 Å². The van der Waals surface area contributed by atoms with E-state index in [9.17, 15) is 0 Å². The van der Waals surface area contributed by atoms with Gasteiger partial charge in [0.1, 0.15) is 5.84 Å². The number of thioether (sulfide) groups is 2. The van der Waals surface area contributed by atoms with Crippen LogP contribution in [0.15, 0.2) is 28.0 Å². The highest BCUT2D eigenvalue weighted by molar-refractivity contribution is 8.00. The number of hydrogen-bond acceptors (Lipinski definition) is 3. The first-order valence-electron chi connectivity index (χ1n) is 6.33. The summed E-state index contributed by atoms with van der Waals surface area (Å²) in [6.07, 6.45) is 1.19. The van der Waals surface area contributed by atoms with Crippen LogP contribution in [0.5, 0.6) is 0 Å². The topological polar surface area (TPSA) is 49.9 Å². The summed E-state index contributed by atoms with van der Waals surface area (Å²) in [7, 11) is 0. The maximum atomic E-state index is 7.78. The lowest BCUT2D eigenvalue weighted by Gasteiger charge is -2.14. The minimum atomic E-state index is 0.179. The average Bonchev–Trinajstić information content (AvgIpc) is 2.36. The lowest BCUT2D eigenvalue weighted by atomic mass is 10.2. The Bertz CT molecular complexity index is 405. The van der Waals surface area contributed by atoms with Crippen molar-refractivity contribution in [2.45, 2.75) is 37.0 Å². The molecular weight excluding hydrogens is 260 g/mol. The molecule has 1 aromatic carbocycles. The highest BCUT2D eigenvalue weighted by Gasteiger charge is 2.12. The van der Waals surface area contributed by atoms with Crippen LogP contribution in [0.3, 0.4) is 0 Å². The fraction of sp³-hybridized carbons (Fsp3) is 0.500. The Hall–Kier alpha value is -0.610. The van der Waals surface area contributed by atoms with Gasteiger partial charge in [-0.25, -0.2) is 0 Å². The van der Waals surface area contributed by atoms with Crippen LogP contribution in [0.25, 0.3) is 0 Å². The third-order valence-electron chi connectivity index (χ3n) is 2.78. The van der Waals surface area contributed by atoms with Gasteiger partial charge in [0, 0.05) is 21.1 Å². The van der Waals surface area contributed by atoms with Gasteiger partial charge >= 0.3 is 0 Å². The predicted molar refractivity (Wildman–Crippen MR) is 84.0 cm³/mol. The van der Waals surface area contributed by atoms with Gasteiger partial charge < -0.3 is 5.73 Å². The molecule has 0 amide bonds. The highest BCUT2D eigenvalue weighted by Crippen LogP contribution is 2.32. The molecule has 1 aromatic rings. The minimum absolute atomic E-state index is 0.179. The zero-order valence-electron chi connectivity index (χ0n) is 11.3. The molecule has 4 heteroatoms. The number of hydrogen-bond donors (Lipinski definition) is 2. The van der Waals surface area contributed by atoms with Gasteiger partial charge in [-0.05, 0) is 23.8 Å². The number of nitrogens with two attached hydrogens (primary N) is 1. The quantitative estimate of drug-likeness (QED) is 0.447. The molecule has 0 fully saturated rings. The maximum Gasteiger partial charge on any atom is 0.125 e. The van der Waals surface area contributed by atoms with Crippen molar-refractivity contribution in [3.05, 3.63) is 23.8 Å². The zero-order chi connectivity index (χ0) is 13.5. The molecule has 18 heavy (non-hydrogen) atoms. The summed E-state index contributed by atoms with van der Waals surface area (Å²) in [5.41, 5.74) is 6.66. The summed E-state index contributed by atoms with van der Waals surface area (Å²) in [5.74, 6) is 2.95. The predicted octanol–water partition coefficient (Wildman–Crippen LogP) is 4.22. The van der Waals surface area contributed by atoms with E-state index in [1.54, 1.807) is 11.8 Å². The molecule has 2 nitrogen and oxygen atoms in total. The van der Waals surface area contributed by atoms with E-state index in [1.165, 1.54) is 6.42 Å². The highest BCUT2D eigenvalue weighted by atomic mass is 32.2. The molecule has 0 radical (unpaired) electrons. The lowest BCUT2D eigenvalue weighted by Crippen LogP contribution is -2.14. The maximum absolute atomic E-state index is 7.78. The fourth-order valence-corrected chi connectivity index (χ4v) is 3.68. The molecule has 1 rings (SSSR count). The van der Waals surface area contributed by atoms with Crippen molar-refractivity contribution in [2.24, 2.45) is 11.7 Å². The Kier molecular flexibility index (Phi) is 6.65. The molecule has 0 saturated heterocycles. The van der Waals surface area contributed by atoms with Gasteiger partial charge in [-0.2, -0.15) is 0 Å². The van der Waals surface area contributed by atoms with E-state index in [-0.39, 0.29) is 5.84 Å². The van der Waals surface area contributed by atoms with Gasteiger partial charge in [0.05, 0.1) is 0 Å². The molecule has 0 aliphatic rings. The Morgan fingerprint density at radius 2 is 1.89 bits per heavy atom. The molecule has 0 bridgehead atoms. The van der Waals surface area contributed by atoms with Gasteiger partial charge in [-0.15, -0.1) is 23.5 Å². The van der Waals surface area contributed by atoms with Crippen molar-refractivity contribution in [1.29, 1.82) is 5.41 Å². The first kappa shape index (κ1) is 15.4. The Morgan fingerprint density at radius 1 is 1.28 bits per heavy atom. The third kappa shape index (κ3) is 4.25. The van der Waals surface area contributed by atoms with Gasteiger partial charge in [-0.3, -0.25) is 5.41 Å². The summed E-state index contributed by atoms with van der Waals surface area (Å²) in [6.45, 7) is 6.58. The van der Waals surface area contributed by atoms with Crippen LogP contribution in [-0.2, 0) is 0 Å². The van der Waals surface area contributed by atoms with Gasteiger partial charge in [-0.1, -0.05) is 33.3 Å². The van der Waals surface area contributed by atoms with E-state index >= 15 is 0 Å². The Morgan fingerprint density at radius 3 is 2.39 bits per heavy atom. The second-order valence-electron chi connectivity index (χ2n) is 4.30. The summed E-state index contributed by atoms with van der Waals surface area (Å²) < 4.78 is 0. The van der Waals surface area contributed by atoms with E-state index in [2.05, 4.69) is 39.0 Å². The molecule has 3 N–H and O–H groups in total. The lowest BCUT2D eigenvalue weighted by molar-refractivity contribution is 0.637. The monoisotopic (exact) mass is 282 g/mol. The number of nitrogen functional groups attached to an aromatic ring is 1. The van der Waals surface area contributed by atoms with Crippen molar-refractivity contribution >= 4 is 29.4 Å². The van der Waals surface area contributed by atoms with Crippen LogP contribution in [0, 0.1) is 11.3 Å². The van der Waals surface area contributed by atoms with E-state index in [0.29, 0.717) is 5.92 Å². The van der Waals surface area contributed by atoms with Gasteiger partial charge in [0.25, 0.3) is 0 Å². The summed E-state index contributed by atoms with van der Waals surface area (Å²) in [5, 5.41) is 7.78. The smallest absolute Gasteiger partial charge is 0.125 e. The first-order valence-corrected chi connectivity index (χ1v) is 8.30. The number of benzene rings is 1. The van der Waals surface area contributed by atoms with Gasteiger partial charge in [0.2, 0.25) is 0 Å². The standard InChI is InChI=1S/C14H22N2S2/c1-4-10(3)9-18-12-8-6-7-11(17-5-2)13(12)14(15)16/h6-8,10H,4-5,9H2,1-3H3,(H3,15,16). The van der Waals surface area contributed by atoms with Crippen molar-refractivity contribution in [2.75, 3.05) is 11.5 Å². The second kappa shape index (κ2) is 7.74. The summed E-state index contributed by atoms with van der Waals surface area (Å²) >= 11 is 3.56. The molecule has 1 atom stereocenters. The number of amidine groups is 1. The van der Waals surface area contributed by atoms with E-state index in [0.717, 1.165) is 26.9 Å². The van der Waals surface area contributed by atoms with Crippen molar-refractivity contribution in [1.82, 2.24) is 0 Å². The van der Waals surface area contributed by atoms with Crippen LogP contribution >= 0.6 is 23.5 Å². The molecule has 0 aliphatic heterocycles. The van der Waals surface area contributed by atoms with Crippen LogP contribution in [0.4, 0.5) is 0 Å². The Balaban J connectivity index is 2.95. The van der Waals surface area contributed by atoms with Crippen molar-refractivity contribution in [3.63, 3.8) is 0 Å². The zero-order valence-corrected chi connectivity index (χ0v) is 13.0. The SMILES string of the molecule is CCSc1cccc(SCC(C)CC)c1C(=N)N. The normalized spacial score (nSPS) is 12.4. The minimum Gasteiger partial charge on any atom is -0.384 e. The van der Waals surface area contributed by atoms with Gasteiger partial charge in [0.15, 0.2) is 0 Å². The largest absolute Gasteiger partial charge is 0.384 e. The van der Waals surface area contributed by atoms with Crippen LogP contribution in [-0.4, -0.2) is 17.3 Å². The molecule has 0 saturated carbocycles. The van der Waals surface area contributed by atoms with Crippen LogP contribution in [0.2, 0.25) is 0 Å². The molecule has 0 heterocycles. The van der Waals surface area contributed by atoms with Crippen LogP contribution in [0.1, 0.15) is 32.8 Å². The average molecular weight is 282 g/mol. The molecule has 0 spiro atoms. The van der Waals surface area contributed by atoms with E-state index in [4.69, 9.17) is 11.1 Å². The molecule has 0 aromatic heterocycles. The van der Waals surface area contributed by atoms with Crippen LogP contribution < -0.4 is 5.73 Å². The fourth-order valence-electron chi connectivity index (χ4n) is 1.52. The van der Waals surface area contributed by atoms with Crippen molar-refractivity contribution < 1.29 is 0 Å². The van der Waals surface area contributed by atoms with Crippen molar-refractivity contribution in [3.8, 4) is 0 Å². The molecular formula is C14H22N2S2. The summed E-state index contributed by atoms with van der Waals surface area (Å²) in [4.78, 5) is 2.26. The van der Waals surface area contributed by atoms with E-state index in [1.807, 2.05) is 11.8 Å². The first-order chi connectivity index (χ1) is 8.60. The second-order valence-corrected chi connectivity index (χ2v) is 6.67.